The van der Waals surface area contributed by atoms with Crippen molar-refractivity contribution in [1.29, 1.82) is 0 Å². The molecule has 1 aliphatic rings. The summed E-state index contributed by atoms with van der Waals surface area (Å²) in [5.41, 5.74) is 0.0301. The van der Waals surface area contributed by atoms with Gasteiger partial charge in [0.25, 0.3) is 0 Å². The fourth-order valence-corrected chi connectivity index (χ4v) is 2.38. The van der Waals surface area contributed by atoms with Crippen LogP contribution in [0.4, 0.5) is 8.78 Å². The Hall–Kier alpha value is -1.14. The first-order valence-electron chi connectivity index (χ1n) is 5.91. The van der Waals surface area contributed by atoms with Crippen LogP contribution in [0.25, 0.3) is 0 Å². The molecule has 1 aromatic rings. The highest BCUT2D eigenvalue weighted by Crippen LogP contribution is 2.25. The predicted molar refractivity (Wildman–Crippen MR) is 69.0 cm³/mol. The third-order valence-corrected chi connectivity index (χ3v) is 3.87. The molecule has 1 N–H and O–H groups in total. The summed E-state index contributed by atoms with van der Waals surface area (Å²) >= 11 is 1.18. The van der Waals surface area contributed by atoms with E-state index < -0.39 is 11.6 Å². The Bertz CT molecular complexity index is 478. The van der Waals surface area contributed by atoms with E-state index >= 15 is 0 Å². The van der Waals surface area contributed by atoms with Crippen molar-refractivity contribution in [2.75, 3.05) is 25.5 Å². The van der Waals surface area contributed by atoms with Gasteiger partial charge in [0.2, 0.25) is 5.91 Å². The zero-order valence-electron chi connectivity index (χ0n) is 10.5. The van der Waals surface area contributed by atoms with Crippen LogP contribution in [-0.2, 0) is 9.53 Å². The van der Waals surface area contributed by atoms with Gasteiger partial charge in [-0.25, -0.2) is 8.78 Å². The third kappa shape index (κ3) is 3.91. The summed E-state index contributed by atoms with van der Waals surface area (Å²) in [7, 11) is 0. The summed E-state index contributed by atoms with van der Waals surface area (Å²) in [6.45, 7) is 3.93. The van der Waals surface area contributed by atoms with Crippen LogP contribution in [0.15, 0.2) is 23.1 Å². The van der Waals surface area contributed by atoms with Gasteiger partial charge in [-0.05, 0) is 18.2 Å². The van der Waals surface area contributed by atoms with Crippen molar-refractivity contribution in [3.63, 3.8) is 0 Å². The van der Waals surface area contributed by atoms with Gasteiger partial charge in [-0.15, -0.1) is 11.8 Å². The molecule has 0 bridgehead atoms. The summed E-state index contributed by atoms with van der Waals surface area (Å²) in [6.07, 6.45) is 0. The zero-order valence-corrected chi connectivity index (χ0v) is 11.4. The van der Waals surface area contributed by atoms with Gasteiger partial charge in [-0.1, -0.05) is 6.92 Å². The molecule has 1 saturated heterocycles. The number of rotatable bonds is 5. The van der Waals surface area contributed by atoms with E-state index in [1.807, 2.05) is 6.92 Å². The normalized spacial score (nSPS) is 16.8. The number of hydrogen-bond acceptors (Lipinski definition) is 3. The lowest BCUT2D eigenvalue weighted by Gasteiger charge is -2.38. The number of nitrogens with one attached hydrogen (secondary N) is 1. The Kier molecular flexibility index (Phi) is 4.42. The van der Waals surface area contributed by atoms with Gasteiger partial charge < -0.3 is 10.1 Å². The first-order valence-corrected chi connectivity index (χ1v) is 6.89. The molecule has 1 fully saturated rings. The topological polar surface area (TPSA) is 38.3 Å². The van der Waals surface area contributed by atoms with Crippen LogP contribution >= 0.6 is 11.8 Å². The average Bonchev–Trinajstić information content (AvgIpc) is 2.35. The van der Waals surface area contributed by atoms with Crippen LogP contribution < -0.4 is 5.32 Å². The van der Waals surface area contributed by atoms with Gasteiger partial charge in [0.05, 0.1) is 19.0 Å². The number of thioether (sulfide) groups is 1. The molecule has 104 valence electrons. The molecule has 0 spiro atoms. The van der Waals surface area contributed by atoms with Crippen molar-refractivity contribution in [1.82, 2.24) is 5.32 Å². The van der Waals surface area contributed by atoms with E-state index in [-0.39, 0.29) is 17.1 Å². The molecular formula is C13H15F2NO2S. The molecule has 6 heteroatoms. The fraction of sp³-hybridized carbons (Fsp3) is 0.462. The van der Waals surface area contributed by atoms with Crippen LogP contribution in [-0.4, -0.2) is 31.4 Å². The molecule has 0 atom stereocenters. The Morgan fingerprint density at radius 1 is 1.42 bits per heavy atom. The highest BCUT2D eigenvalue weighted by Gasteiger charge is 2.33. The van der Waals surface area contributed by atoms with E-state index in [9.17, 15) is 13.6 Å². The minimum atomic E-state index is -0.899. The molecule has 1 aromatic carbocycles. The highest BCUT2D eigenvalue weighted by molar-refractivity contribution is 8.00. The van der Waals surface area contributed by atoms with Crippen molar-refractivity contribution in [2.45, 2.75) is 11.8 Å². The Morgan fingerprint density at radius 2 is 2.16 bits per heavy atom. The van der Waals surface area contributed by atoms with Crippen LogP contribution in [0.2, 0.25) is 0 Å². The molecular weight excluding hydrogens is 272 g/mol. The number of amides is 1. The second-order valence-electron chi connectivity index (χ2n) is 4.94. The minimum absolute atomic E-state index is 0.0301. The Morgan fingerprint density at radius 3 is 2.74 bits per heavy atom. The van der Waals surface area contributed by atoms with Crippen molar-refractivity contribution in [3.8, 4) is 0 Å². The lowest BCUT2D eigenvalue weighted by Crippen LogP contribution is -2.48. The molecule has 2 rings (SSSR count). The summed E-state index contributed by atoms with van der Waals surface area (Å²) < 4.78 is 30.8. The van der Waals surface area contributed by atoms with Crippen molar-refractivity contribution >= 4 is 17.7 Å². The highest BCUT2D eigenvalue weighted by atomic mass is 32.2. The lowest BCUT2D eigenvalue weighted by atomic mass is 9.89. The molecule has 0 aliphatic carbocycles. The van der Waals surface area contributed by atoms with E-state index in [0.717, 1.165) is 12.1 Å². The molecule has 19 heavy (non-hydrogen) atoms. The monoisotopic (exact) mass is 287 g/mol. The van der Waals surface area contributed by atoms with E-state index in [4.69, 9.17) is 4.74 Å². The first kappa shape index (κ1) is 14.3. The summed E-state index contributed by atoms with van der Waals surface area (Å²) in [4.78, 5) is 12.1. The number of carbonyl (C=O) groups is 1. The quantitative estimate of drug-likeness (QED) is 0.844. The first-order chi connectivity index (χ1) is 8.98. The van der Waals surface area contributed by atoms with Crippen LogP contribution in [0.1, 0.15) is 6.92 Å². The number of halogens is 2. The SMILES string of the molecule is CC1(CNC(=O)CSc2ccc(F)c(F)c2)COC1. The number of ether oxygens (including phenoxy) is 1. The van der Waals surface area contributed by atoms with E-state index in [1.165, 1.54) is 17.8 Å². The third-order valence-electron chi connectivity index (χ3n) is 2.87. The van der Waals surface area contributed by atoms with E-state index in [0.29, 0.717) is 24.7 Å². The van der Waals surface area contributed by atoms with Gasteiger partial charge in [0.15, 0.2) is 11.6 Å². The summed E-state index contributed by atoms with van der Waals surface area (Å²) in [5.74, 6) is -1.72. The van der Waals surface area contributed by atoms with Gasteiger partial charge in [0, 0.05) is 16.9 Å². The smallest absolute Gasteiger partial charge is 0.230 e. The Balaban J connectivity index is 1.75. The largest absolute Gasteiger partial charge is 0.380 e. The molecule has 3 nitrogen and oxygen atoms in total. The molecule has 0 unspecified atom stereocenters. The van der Waals surface area contributed by atoms with Crippen LogP contribution in [0, 0.1) is 17.0 Å². The minimum Gasteiger partial charge on any atom is -0.380 e. The van der Waals surface area contributed by atoms with E-state index in [2.05, 4.69) is 5.32 Å². The molecule has 1 amide bonds. The number of benzene rings is 1. The number of carbonyl (C=O) groups excluding carboxylic acids is 1. The fourth-order valence-electron chi connectivity index (χ4n) is 1.63. The molecule has 0 saturated carbocycles. The lowest BCUT2D eigenvalue weighted by molar-refractivity contribution is -0.124. The molecule has 1 heterocycles. The molecule has 0 radical (unpaired) electrons. The maximum absolute atomic E-state index is 13.0. The standard InChI is InChI=1S/C13H15F2NO2S/c1-13(7-18-8-13)6-16-12(17)5-19-9-2-3-10(14)11(15)4-9/h2-4H,5-8H2,1H3,(H,16,17). The molecule has 0 aromatic heterocycles. The summed E-state index contributed by atoms with van der Waals surface area (Å²) in [6, 6.07) is 3.61. The summed E-state index contributed by atoms with van der Waals surface area (Å²) in [5, 5.41) is 2.81. The van der Waals surface area contributed by atoms with Crippen molar-refractivity contribution in [3.05, 3.63) is 29.8 Å². The van der Waals surface area contributed by atoms with E-state index in [1.54, 1.807) is 0 Å². The zero-order chi connectivity index (χ0) is 13.9. The second kappa shape index (κ2) is 5.88. The van der Waals surface area contributed by atoms with Gasteiger partial charge in [-0.2, -0.15) is 0 Å². The van der Waals surface area contributed by atoms with Gasteiger partial charge in [0.1, 0.15) is 0 Å². The molecule has 1 aliphatic heterocycles. The van der Waals surface area contributed by atoms with Crippen molar-refractivity contribution < 1.29 is 18.3 Å². The van der Waals surface area contributed by atoms with Gasteiger partial charge >= 0.3 is 0 Å². The average molecular weight is 287 g/mol. The number of hydrogen-bond donors (Lipinski definition) is 1. The maximum atomic E-state index is 13.0. The predicted octanol–water partition coefficient (Wildman–Crippen LogP) is 2.21. The maximum Gasteiger partial charge on any atom is 0.230 e. The Labute approximate surface area is 114 Å². The van der Waals surface area contributed by atoms with Crippen LogP contribution in [0.3, 0.4) is 0 Å². The van der Waals surface area contributed by atoms with Crippen molar-refractivity contribution in [2.24, 2.45) is 5.41 Å². The van der Waals surface area contributed by atoms with Gasteiger partial charge in [-0.3, -0.25) is 4.79 Å². The second-order valence-corrected chi connectivity index (χ2v) is 5.99. The van der Waals surface area contributed by atoms with Crippen LogP contribution in [0.5, 0.6) is 0 Å².